The van der Waals surface area contributed by atoms with Crippen molar-refractivity contribution in [3.63, 3.8) is 0 Å². The normalized spacial score (nSPS) is 15.4. The first-order valence-electron chi connectivity index (χ1n) is 6.78. The molecule has 0 unspecified atom stereocenters. The van der Waals surface area contributed by atoms with Crippen molar-refractivity contribution < 1.29 is 4.79 Å². The summed E-state index contributed by atoms with van der Waals surface area (Å²) in [6, 6.07) is 4.70. The zero-order chi connectivity index (χ0) is 13.9. The minimum Gasteiger partial charge on any atom is -0.328 e. The molecular weight excluding hydrogens is 256 g/mol. The first-order valence-corrected chi connectivity index (χ1v) is 6.78. The number of hydrogen-bond donors (Lipinski definition) is 3. The summed E-state index contributed by atoms with van der Waals surface area (Å²) in [5.41, 5.74) is 1.25. The van der Waals surface area contributed by atoms with E-state index >= 15 is 0 Å². The quantitative estimate of drug-likeness (QED) is 0.798. The maximum atomic E-state index is 12.0. The standard InChI is InChI=1S/C14H16N4O2/c19-13-6-5-10(8-15-13)14(20)16-12-7-11(17-18-12)9-3-1-2-4-9/h5-9H,1-4H2,(H,15,19)(H2,16,17,18,20). The molecule has 1 aliphatic carbocycles. The number of rotatable bonds is 3. The molecule has 6 heteroatoms. The zero-order valence-electron chi connectivity index (χ0n) is 11.0. The molecular formula is C14H16N4O2. The summed E-state index contributed by atoms with van der Waals surface area (Å²) in [6.45, 7) is 0. The second-order valence-corrected chi connectivity index (χ2v) is 5.09. The summed E-state index contributed by atoms with van der Waals surface area (Å²) in [7, 11) is 0. The topological polar surface area (TPSA) is 90.6 Å². The van der Waals surface area contributed by atoms with Gasteiger partial charge in [0.05, 0.1) is 5.56 Å². The molecule has 2 heterocycles. The highest BCUT2D eigenvalue weighted by Gasteiger charge is 2.19. The van der Waals surface area contributed by atoms with Gasteiger partial charge in [0, 0.05) is 29.9 Å². The first-order chi connectivity index (χ1) is 9.72. The van der Waals surface area contributed by atoms with E-state index in [1.165, 1.54) is 44.0 Å². The Bertz CT molecular complexity index is 647. The number of nitrogens with one attached hydrogen (secondary N) is 3. The molecule has 1 amide bonds. The lowest BCUT2D eigenvalue weighted by atomic mass is 10.0. The Morgan fingerprint density at radius 1 is 1.30 bits per heavy atom. The van der Waals surface area contributed by atoms with E-state index in [1.807, 2.05) is 6.07 Å². The van der Waals surface area contributed by atoms with Crippen LogP contribution in [0.5, 0.6) is 0 Å². The molecule has 0 aromatic carbocycles. The Balaban J connectivity index is 1.69. The maximum Gasteiger partial charge on any atom is 0.258 e. The largest absolute Gasteiger partial charge is 0.328 e. The molecule has 0 bridgehead atoms. The Morgan fingerprint density at radius 2 is 2.10 bits per heavy atom. The average molecular weight is 272 g/mol. The third-order valence-electron chi connectivity index (χ3n) is 3.68. The van der Waals surface area contributed by atoms with Crippen molar-refractivity contribution in [3.8, 4) is 0 Å². The van der Waals surface area contributed by atoms with Crippen LogP contribution < -0.4 is 10.9 Å². The van der Waals surface area contributed by atoms with Crippen LogP contribution in [-0.2, 0) is 0 Å². The van der Waals surface area contributed by atoms with Crippen LogP contribution in [0.15, 0.2) is 29.2 Å². The minimum absolute atomic E-state index is 0.232. The lowest BCUT2D eigenvalue weighted by Crippen LogP contribution is -2.14. The van der Waals surface area contributed by atoms with Gasteiger partial charge in [0.25, 0.3) is 5.91 Å². The van der Waals surface area contributed by atoms with Crippen LogP contribution >= 0.6 is 0 Å². The smallest absolute Gasteiger partial charge is 0.258 e. The molecule has 0 radical (unpaired) electrons. The third kappa shape index (κ3) is 2.64. The van der Waals surface area contributed by atoms with Crippen molar-refractivity contribution in [2.45, 2.75) is 31.6 Å². The van der Waals surface area contributed by atoms with Crippen LogP contribution in [0, 0.1) is 0 Å². The van der Waals surface area contributed by atoms with Crippen LogP contribution in [0.3, 0.4) is 0 Å². The van der Waals surface area contributed by atoms with E-state index in [0.29, 0.717) is 17.3 Å². The number of aromatic nitrogens is 3. The summed E-state index contributed by atoms with van der Waals surface area (Å²) in [5.74, 6) is 0.759. The highest BCUT2D eigenvalue weighted by atomic mass is 16.2. The molecule has 0 aliphatic heterocycles. The first kappa shape index (κ1) is 12.7. The molecule has 0 spiro atoms. The van der Waals surface area contributed by atoms with Crippen molar-refractivity contribution in [2.75, 3.05) is 5.32 Å². The van der Waals surface area contributed by atoms with Gasteiger partial charge in [0.15, 0.2) is 5.82 Å². The fourth-order valence-electron chi connectivity index (χ4n) is 2.59. The number of anilines is 1. The number of carbonyl (C=O) groups excluding carboxylic acids is 1. The zero-order valence-corrected chi connectivity index (χ0v) is 11.0. The molecule has 1 aliphatic rings. The predicted molar refractivity (Wildman–Crippen MR) is 74.8 cm³/mol. The van der Waals surface area contributed by atoms with Crippen LogP contribution in [0.25, 0.3) is 0 Å². The number of nitrogens with zero attached hydrogens (tertiary/aromatic N) is 1. The van der Waals surface area contributed by atoms with E-state index in [4.69, 9.17) is 0 Å². The highest BCUT2D eigenvalue weighted by Crippen LogP contribution is 2.33. The van der Waals surface area contributed by atoms with Gasteiger partial charge < -0.3 is 10.3 Å². The molecule has 3 N–H and O–H groups in total. The highest BCUT2D eigenvalue weighted by molar-refractivity contribution is 6.03. The minimum atomic E-state index is -0.286. The van der Waals surface area contributed by atoms with Gasteiger partial charge in [-0.3, -0.25) is 14.7 Å². The van der Waals surface area contributed by atoms with Crippen molar-refractivity contribution in [2.24, 2.45) is 0 Å². The summed E-state index contributed by atoms with van der Waals surface area (Å²) in [4.78, 5) is 25.4. The molecule has 1 saturated carbocycles. The average Bonchev–Trinajstić information content (AvgIpc) is 3.09. The van der Waals surface area contributed by atoms with Crippen molar-refractivity contribution in [1.29, 1.82) is 0 Å². The Kier molecular flexibility index (Phi) is 3.37. The van der Waals surface area contributed by atoms with Gasteiger partial charge in [0.1, 0.15) is 0 Å². The SMILES string of the molecule is O=C(Nc1cc(C2CCCC2)[nH]n1)c1ccc(=O)[nH]c1. The van der Waals surface area contributed by atoms with E-state index in [0.717, 1.165) is 5.69 Å². The Labute approximate surface area is 115 Å². The molecule has 0 saturated heterocycles. The molecule has 2 aromatic heterocycles. The summed E-state index contributed by atoms with van der Waals surface area (Å²) >= 11 is 0. The van der Waals surface area contributed by atoms with Crippen molar-refractivity contribution in [1.82, 2.24) is 15.2 Å². The number of carbonyl (C=O) groups is 1. The van der Waals surface area contributed by atoms with E-state index in [2.05, 4.69) is 20.5 Å². The van der Waals surface area contributed by atoms with Crippen LogP contribution in [0.4, 0.5) is 5.82 Å². The van der Waals surface area contributed by atoms with Gasteiger partial charge in [-0.15, -0.1) is 0 Å². The van der Waals surface area contributed by atoms with Gasteiger partial charge in [0.2, 0.25) is 5.56 Å². The monoisotopic (exact) mass is 272 g/mol. The molecule has 2 aromatic rings. The van der Waals surface area contributed by atoms with Crippen molar-refractivity contribution >= 4 is 11.7 Å². The van der Waals surface area contributed by atoms with E-state index < -0.39 is 0 Å². The van der Waals surface area contributed by atoms with E-state index in [1.54, 1.807) is 0 Å². The second-order valence-electron chi connectivity index (χ2n) is 5.09. The fourth-order valence-corrected chi connectivity index (χ4v) is 2.59. The van der Waals surface area contributed by atoms with Crippen molar-refractivity contribution in [3.05, 3.63) is 46.0 Å². The third-order valence-corrected chi connectivity index (χ3v) is 3.68. The van der Waals surface area contributed by atoms with Crippen LogP contribution in [-0.4, -0.2) is 21.1 Å². The van der Waals surface area contributed by atoms with Crippen LogP contribution in [0.1, 0.15) is 47.7 Å². The molecule has 104 valence electrons. The van der Waals surface area contributed by atoms with E-state index in [9.17, 15) is 9.59 Å². The maximum absolute atomic E-state index is 12.0. The van der Waals surface area contributed by atoms with Crippen LogP contribution in [0.2, 0.25) is 0 Å². The van der Waals surface area contributed by atoms with Gasteiger partial charge in [-0.25, -0.2) is 0 Å². The summed E-state index contributed by atoms with van der Waals surface area (Å²) in [5, 5.41) is 9.82. The van der Waals surface area contributed by atoms with Gasteiger partial charge in [-0.05, 0) is 18.9 Å². The second kappa shape index (κ2) is 5.32. The van der Waals surface area contributed by atoms with Gasteiger partial charge >= 0.3 is 0 Å². The molecule has 20 heavy (non-hydrogen) atoms. The summed E-state index contributed by atoms with van der Waals surface area (Å²) in [6.07, 6.45) is 6.25. The number of hydrogen-bond acceptors (Lipinski definition) is 3. The van der Waals surface area contributed by atoms with Gasteiger partial charge in [-0.1, -0.05) is 12.8 Å². The molecule has 1 fully saturated rings. The summed E-state index contributed by atoms with van der Waals surface area (Å²) < 4.78 is 0. The lowest BCUT2D eigenvalue weighted by Gasteiger charge is -2.03. The Morgan fingerprint density at radius 3 is 2.80 bits per heavy atom. The number of aromatic amines is 2. The number of amides is 1. The number of H-pyrrole nitrogens is 2. The molecule has 0 atom stereocenters. The lowest BCUT2D eigenvalue weighted by molar-refractivity contribution is 0.102. The van der Waals surface area contributed by atoms with Gasteiger partial charge in [-0.2, -0.15) is 5.10 Å². The molecule has 3 rings (SSSR count). The molecule has 6 nitrogen and oxygen atoms in total. The number of pyridine rings is 1. The Hall–Kier alpha value is -2.37. The predicted octanol–water partition coefficient (Wildman–Crippen LogP) is 2.01. The fraction of sp³-hybridized carbons (Fsp3) is 0.357. The van der Waals surface area contributed by atoms with E-state index in [-0.39, 0.29) is 11.5 Å².